The van der Waals surface area contributed by atoms with Gasteiger partial charge in [0.25, 0.3) is 0 Å². The smallest absolute Gasteiger partial charge is 0.233 e. The lowest BCUT2D eigenvalue weighted by molar-refractivity contribution is -0.120. The minimum absolute atomic E-state index is 0.0401. The highest BCUT2D eigenvalue weighted by atomic mass is 32.2. The van der Waals surface area contributed by atoms with Crippen molar-refractivity contribution in [1.29, 1.82) is 0 Å². The van der Waals surface area contributed by atoms with Crippen LogP contribution in [0.2, 0.25) is 0 Å². The summed E-state index contributed by atoms with van der Waals surface area (Å²) in [6, 6.07) is 9.95. The van der Waals surface area contributed by atoms with Gasteiger partial charge in [-0.05, 0) is 42.6 Å². The Morgan fingerprint density at radius 1 is 1.28 bits per heavy atom. The van der Waals surface area contributed by atoms with Gasteiger partial charge in [0.2, 0.25) is 11.0 Å². The van der Waals surface area contributed by atoms with Gasteiger partial charge in [0.15, 0.2) is 4.34 Å². The number of nitrogens with one attached hydrogen (secondary N) is 2. The van der Waals surface area contributed by atoms with Crippen molar-refractivity contribution in [3.8, 4) is 0 Å². The third-order valence-corrected chi connectivity index (χ3v) is 6.07. The molecule has 3 aromatic rings. The number of hydrogen-bond donors (Lipinski definition) is 2. The molecule has 25 heavy (non-hydrogen) atoms. The van der Waals surface area contributed by atoms with E-state index in [4.69, 9.17) is 0 Å². The first-order chi connectivity index (χ1) is 12.1. The SMILES string of the molecule is C[C@@H](Sc1nnc(Nc2ccc(F)cc2)s1)C(=O)NCc1cccs1. The largest absolute Gasteiger partial charge is 0.350 e. The molecule has 0 bridgehead atoms. The molecule has 0 radical (unpaired) electrons. The second kappa shape index (κ2) is 8.41. The number of thiophene rings is 1. The molecule has 3 rings (SSSR count). The van der Waals surface area contributed by atoms with Gasteiger partial charge in [-0.3, -0.25) is 4.79 Å². The quantitative estimate of drug-likeness (QED) is 0.586. The van der Waals surface area contributed by atoms with E-state index in [1.54, 1.807) is 23.5 Å². The van der Waals surface area contributed by atoms with Gasteiger partial charge in [-0.25, -0.2) is 4.39 Å². The first kappa shape index (κ1) is 17.8. The van der Waals surface area contributed by atoms with E-state index < -0.39 is 0 Å². The number of halogens is 1. The van der Waals surface area contributed by atoms with Crippen molar-refractivity contribution in [2.24, 2.45) is 0 Å². The van der Waals surface area contributed by atoms with Gasteiger partial charge in [0.05, 0.1) is 11.8 Å². The second-order valence-electron chi connectivity index (χ2n) is 5.06. The highest BCUT2D eigenvalue weighted by Gasteiger charge is 2.17. The summed E-state index contributed by atoms with van der Waals surface area (Å²) in [6.07, 6.45) is 0. The van der Waals surface area contributed by atoms with Gasteiger partial charge >= 0.3 is 0 Å². The molecule has 0 saturated heterocycles. The summed E-state index contributed by atoms with van der Waals surface area (Å²) < 4.78 is 13.6. The molecule has 5 nitrogen and oxygen atoms in total. The molecular weight excluding hydrogens is 379 g/mol. The molecule has 0 spiro atoms. The van der Waals surface area contributed by atoms with Crippen LogP contribution in [0, 0.1) is 5.82 Å². The maximum atomic E-state index is 12.9. The average molecular weight is 395 g/mol. The number of anilines is 2. The van der Waals surface area contributed by atoms with Gasteiger partial charge in [0, 0.05) is 10.6 Å². The normalized spacial score (nSPS) is 11.9. The fourth-order valence-corrected chi connectivity index (χ4v) is 4.49. The Bertz CT molecular complexity index is 820. The predicted molar refractivity (Wildman–Crippen MR) is 101 cm³/mol. The van der Waals surface area contributed by atoms with E-state index in [1.165, 1.54) is 35.2 Å². The molecule has 9 heteroatoms. The van der Waals surface area contributed by atoms with Gasteiger partial charge in [0.1, 0.15) is 5.82 Å². The molecule has 2 aromatic heterocycles. The monoisotopic (exact) mass is 394 g/mol. The minimum Gasteiger partial charge on any atom is -0.350 e. The Labute approximate surface area is 156 Å². The zero-order valence-electron chi connectivity index (χ0n) is 13.2. The predicted octanol–water partition coefficient (Wildman–Crippen LogP) is 4.28. The number of aromatic nitrogens is 2. The van der Waals surface area contributed by atoms with E-state index in [2.05, 4.69) is 20.8 Å². The fourth-order valence-electron chi connectivity index (χ4n) is 1.90. The molecule has 0 fully saturated rings. The number of carbonyl (C=O) groups excluding carboxylic acids is 1. The van der Waals surface area contributed by atoms with Gasteiger partial charge in [-0.2, -0.15) is 0 Å². The van der Waals surface area contributed by atoms with Crippen molar-refractivity contribution in [2.75, 3.05) is 5.32 Å². The molecule has 0 unspecified atom stereocenters. The van der Waals surface area contributed by atoms with Crippen LogP contribution in [-0.4, -0.2) is 21.4 Å². The van der Waals surface area contributed by atoms with Crippen molar-refractivity contribution in [1.82, 2.24) is 15.5 Å². The Hall–Kier alpha value is -1.97. The Morgan fingerprint density at radius 3 is 2.80 bits per heavy atom. The minimum atomic E-state index is -0.290. The second-order valence-corrected chi connectivity index (χ2v) is 8.66. The van der Waals surface area contributed by atoms with Crippen LogP contribution >= 0.6 is 34.4 Å². The summed E-state index contributed by atoms with van der Waals surface area (Å²) in [4.78, 5) is 13.3. The number of amides is 1. The van der Waals surface area contributed by atoms with Crippen LogP contribution in [0.3, 0.4) is 0 Å². The first-order valence-electron chi connectivity index (χ1n) is 7.43. The van der Waals surface area contributed by atoms with E-state index in [9.17, 15) is 9.18 Å². The van der Waals surface area contributed by atoms with E-state index in [-0.39, 0.29) is 17.0 Å². The van der Waals surface area contributed by atoms with Crippen LogP contribution in [0.15, 0.2) is 46.1 Å². The Kier molecular flexibility index (Phi) is 6.00. The Morgan fingerprint density at radius 2 is 2.08 bits per heavy atom. The molecule has 0 aliphatic rings. The van der Waals surface area contributed by atoms with E-state index >= 15 is 0 Å². The van der Waals surface area contributed by atoms with Gasteiger partial charge < -0.3 is 10.6 Å². The zero-order valence-corrected chi connectivity index (χ0v) is 15.7. The van der Waals surface area contributed by atoms with Crippen LogP contribution in [0.4, 0.5) is 15.2 Å². The highest BCUT2D eigenvalue weighted by Crippen LogP contribution is 2.30. The lowest BCUT2D eigenvalue weighted by atomic mass is 10.3. The molecule has 1 aromatic carbocycles. The summed E-state index contributed by atoms with van der Waals surface area (Å²) in [5, 5.41) is 16.4. The number of nitrogens with zero attached hydrogens (tertiary/aromatic N) is 2. The van der Waals surface area contributed by atoms with Crippen LogP contribution < -0.4 is 10.6 Å². The summed E-state index contributed by atoms with van der Waals surface area (Å²) in [7, 11) is 0. The summed E-state index contributed by atoms with van der Waals surface area (Å²) in [5.74, 6) is -0.330. The number of rotatable bonds is 7. The third-order valence-electron chi connectivity index (χ3n) is 3.17. The van der Waals surface area contributed by atoms with Gasteiger partial charge in [-0.1, -0.05) is 29.2 Å². The van der Waals surface area contributed by atoms with Crippen molar-refractivity contribution in [3.05, 3.63) is 52.5 Å². The fraction of sp³-hybridized carbons (Fsp3) is 0.188. The number of carbonyl (C=O) groups is 1. The summed E-state index contributed by atoms with van der Waals surface area (Å²) >= 11 is 4.32. The molecule has 2 N–H and O–H groups in total. The van der Waals surface area contributed by atoms with E-state index in [0.717, 1.165) is 10.6 Å². The van der Waals surface area contributed by atoms with Crippen molar-refractivity contribution in [3.63, 3.8) is 0 Å². The third kappa shape index (κ3) is 5.25. The standard InChI is InChI=1S/C16H15FN4OS3/c1-10(14(22)18-9-13-3-2-8-23-13)24-16-21-20-15(25-16)19-12-6-4-11(17)5-7-12/h2-8,10H,9H2,1H3,(H,18,22)(H,19,20)/t10-/m1/s1. The molecule has 130 valence electrons. The molecule has 2 heterocycles. The van der Waals surface area contributed by atoms with Crippen molar-refractivity contribution >= 4 is 51.2 Å². The van der Waals surface area contributed by atoms with E-state index in [1.807, 2.05) is 24.4 Å². The highest BCUT2D eigenvalue weighted by molar-refractivity contribution is 8.02. The molecule has 0 saturated carbocycles. The Balaban J connectivity index is 1.51. The maximum absolute atomic E-state index is 12.9. The molecule has 1 amide bonds. The number of benzene rings is 1. The topological polar surface area (TPSA) is 66.9 Å². The van der Waals surface area contributed by atoms with E-state index in [0.29, 0.717) is 16.0 Å². The molecule has 0 aliphatic carbocycles. The van der Waals surface area contributed by atoms with Crippen LogP contribution in [-0.2, 0) is 11.3 Å². The van der Waals surface area contributed by atoms with Gasteiger partial charge in [-0.15, -0.1) is 21.5 Å². The maximum Gasteiger partial charge on any atom is 0.233 e. The van der Waals surface area contributed by atoms with Crippen molar-refractivity contribution < 1.29 is 9.18 Å². The molecule has 0 aliphatic heterocycles. The summed E-state index contributed by atoms with van der Waals surface area (Å²) in [5.41, 5.74) is 0.732. The average Bonchev–Trinajstić information content (AvgIpc) is 3.27. The lowest BCUT2D eigenvalue weighted by Crippen LogP contribution is -2.30. The molecule has 1 atom stereocenters. The zero-order chi connectivity index (χ0) is 17.6. The number of thioether (sulfide) groups is 1. The molecular formula is C16H15FN4OS3. The van der Waals surface area contributed by atoms with Crippen LogP contribution in [0.5, 0.6) is 0 Å². The van der Waals surface area contributed by atoms with Crippen LogP contribution in [0.25, 0.3) is 0 Å². The number of hydrogen-bond acceptors (Lipinski definition) is 7. The lowest BCUT2D eigenvalue weighted by Gasteiger charge is -2.09. The first-order valence-corrected chi connectivity index (χ1v) is 10.0. The van der Waals surface area contributed by atoms with Crippen molar-refractivity contribution in [2.45, 2.75) is 23.1 Å². The van der Waals surface area contributed by atoms with Crippen LogP contribution in [0.1, 0.15) is 11.8 Å². The summed E-state index contributed by atoms with van der Waals surface area (Å²) in [6.45, 7) is 2.37.